The van der Waals surface area contributed by atoms with E-state index in [-0.39, 0.29) is 24.4 Å². The Labute approximate surface area is 102 Å². The normalized spacial score (nSPS) is 20.1. The number of hydrogen-bond donors (Lipinski definition) is 0. The van der Waals surface area contributed by atoms with Crippen molar-refractivity contribution in [2.45, 2.75) is 32.2 Å². The second-order valence-corrected chi connectivity index (χ2v) is 4.01. The van der Waals surface area contributed by atoms with Crippen molar-refractivity contribution in [2.75, 3.05) is 6.54 Å². The van der Waals surface area contributed by atoms with Gasteiger partial charge in [0.25, 0.3) is 0 Å². The van der Waals surface area contributed by atoms with E-state index in [0.717, 1.165) is 24.9 Å². The van der Waals surface area contributed by atoms with Crippen LogP contribution < -0.4 is 0 Å². The molecule has 88 valence electrons. The molecule has 1 amide bonds. The number of carbonyl (C=O) groups is 1. The Morgan fingerprint density at radius 3 is 2.94 bits per heavy atom. The molecule has 1 fully saturated rings. The highest BCUT2D eigenvalue weighted by Crippen LogP contribution is 2.30. The number of aromatic nitrogens is 1. The van der Waals surface area contributed by atoms with Crippen molar-refractivity contribution >= 4 is 18.3 Å². The molecule has 1 aromatic heterocycles. The van der Waals surface area contributed by atoms with E-state index in [4.69, 9.17) is 0 Å². The third kappa shape index (κ3) is 2.73. The highest BCUT2D eigenvalue weighted by atomic mass is 35.5. The molecular weight excluding hydrogens is 224 g/mol. The van der Waals surface area contributed by atoms with Gasteiger partial charge < -0.3 is 4.90 Å². The minimum absolute atomic E-state index is 0. The van der Waals surface area contributed by atoms with Crippen LogP contribution >= 0.6 is 12.4 Å². The summed E-state index contributed by atoms with van der Waals surface area (Å²) in [5.41, 5.74) is 1.16. The van der Waals surface area contributed by atoms with Gasteiger partial charge in [-0.3, -0.25) is 9.78 Å². The van der Waals surface area contributed by atoms with Gasteiger partial charge in [0.05, 0.1) is 6.04 Å². The molecule has 1 aromatic rings. The monoisotopic (exact) mass is 240 g/mol. The van der Waals surface area contributed by atoms with E-state index in [1.807, 2.05) is 17.2 Å². The quantitative estimate of drug-likeness (QED) is 0.756. The van der Waals surface area contributed by atoms with Crippen LogP contribution in [-0.4, -0.2) is 22.3 Å². The van der Waals surface area contributed by atoms with Crippen LogP contribution in [0.15, 0.2) is 24.5 Å². The van der Waals surface area contributed by atoms with Gasteiger partial charge in [0.2, 0.25) is 5.91 Å². The van der Waals surface area contributed by atoms with Gasteiger partial charge in [-0.15, -0.1) is 12.4 Å². The van der Waals surface area contributed by atoms with E-state index in [9.17, 15) is 4.79 Å². The molecule has 0 aromatic carbocycles. The molecule has 3 nitrogen and oxygen atoms in total. The van der Waals surface area contributed by atoms with Crippen LogP contribution in [0.2, 0.25) is 0 Å². The fourth-order valence-electron chi connectivity index (χ4n) is 2.23. The summed E-state index contributed by atoms with van der Waals surface area (Å²) in [7, 11) is 0. The molecule has 0 unspecified atom stereocenters. The van der Waals surface area contributed by atoms with E-state index in [1.54, 1.807) is 13.1 Å². The summed E-state index contributed by atoms with van der Waals surface area (Å²) in [6.45, 7) is 2.53. The molecule has 0 saturated carbocycles. The lowest BCUT2D eigenvalue weighted by atomic mass is 9.96. The summed E-state index contributed by atoms with van der Waals surface area (Å²) in [5, 5.41) is 0. The van der Waals surface area contributed by atoms with Crippen molar-refractivity contribution in [1.82, 2.24) is 9.88 Å². The van der Waals surface area contributed by atoms with Crippen molar-refractivity contribution in [3.05, 3.63) is 30.1 Å². The first-order valence-electron chi connectivity index (χ1n) is 5.46. The van der Waals surface area contributed by atoms with Crippen molar-refractivity contribution < 1.29 is 4.79 Å². The molecule has 0 bridgehead atoms. The van der Waals surface area contributed by atoms with Crippen molar-refractivity contribution in [2.24, 2.45) is 0 Å². The lowest BCUT2D eigenvalue weighted by Crippen LogP contribution is -2.36. The number of pyridine rings is 1. The number of piperidine rings is 1. The summed E-state index contributed by atoms with van der Waals surface area (Å²) >= 11 is 0. The zero-order valence-electron chi connectivity index (χ0n) is 9.43. The molecular formula is C12H17ClN2O. The first-order chi connectivity index (χ1) is 7.29. The maximum absolute atomic E-state index is 11.5. The lowest BCUT2D eigenvalue weighted by Gasteiger charge is -2.35. The van der Waals surface area contributed by atoms with Crippen LogP contribution in [-0.2, 0) is 4.79 Å². The minimum atomic E-state index is 0. The highest BCUT2D eigenvalue weighted by molar-refractivity contribution is 5.85. The zero-order valence-corrected chi connectivity index (χ0v) is 10.2. The Morgan fingerprint density at radius 2 is 2.31 bits per heavy atom. The summed E-state index contributed by atoms with van der Waals surface area (Å²) in [6.07, 6.45) is 7.02. The highest BCUT2D eigenvalue weighted by Gasteiger charge is 2.25. The van der Waals surface area contributed by atoms with Crippen LogP contribution in [0, 0.1) is 0 Å². The molecule has 1 atom stereocenters. The van der Waals surface area contributed by atoms with Gasteiger partial charge in [-0.05, 0) is 30.9 Å². The van der Waals surface area contributed by atoms with E-state index >= 15 is 0 Å². The van der Waals surface area contributed by atoms with Crippen LogP contribution in [0.3, 0.4) is 0 Å². The first kappa shape index (κ1) is 13.0. The van der Waals surface area contributed by atoms with E-state index in [2.05, 4.69) is 11.1 Å². The third-order valence-electron chi connectivity index (χ3n) is 2.98. The number of rotatable bonds is 1. The van der Waals surface area contributed by atoms with Gasteiger partial charge in [-0.25, -0.2) is 0 Å². The maximum atomic E-state index is 11.5. The molecule has 2 heterocycles. The van der Waals surface area contributed by atoms with Crippen molar-refractivity contribution in [3.8, 4) is 0 Å². The molecule has 1 aliphatic rings. The Balaban J connectivity index is 0.00000128. The Kier molecular flexibility index (Phi) is 4.74. The minimum Gasteiger partial charge on any atom is -0.336 e. The van der Waals surface area contributed by atoms with Gasteiger partial charge in [0.15, 0.2) is 0 Å². The van der Waals surface area contributed by atoms with Crippen LogP contribution in [0.25, 0.3) is 0 Å². The molecule has 16 heavy (non-hydrogen) atoms. The summed E-state index contributed by atoms with van der Waals surface area (Å²) < 4.78 is 0. The van der Waals surface area contributed by atoms with Crippen LogP contribution in [0.5, 0.6) is 0 Å². The smallest absolute Gasteiger partial charge is 0.219 e. The maximum Gasteiger partial charge on any atom is 0.219 e. The van der Waals surface area contributed by atoms with Gasteiger partial charge in [0.1, 0.15) is 0 Å². The molecule has 0 spiro atoms. The van der Waals surface area contributed by atoms with E-state index in [1.165, 1.54) is 6.42 Å². The average molecular weight is 241 g/mol. The fraction of sp³-hybridized carbons (Fsp3) is 0.500. The topological polar surface area (TPSA) is 33.2 Å². The second-order valence-electron chi connectivity index (χ2n) is 4.01. The van der Waals surface area contributed by atoms with E-state index < -0.39 is 0 Å². The van der Waals surface area contributed by atoms with Gasteiger partial charge in [0, 0.05) is 25.9 Å². The molecule has 0 N–H and O–H groups in total. The molecule has 1 saturated heterocycles. The number of nitrogens with zero attached hydrogens (tertiary/aromatic N) is 2. The fourth-order valence-corrected chi connectivity index (χ4v) is 2.23. The molecule has 0 radical (unpaired) electrons. The number of amides is 1. The number of hydrogen-bond acceptors (Lipinski definition) is 2. The summed E-state index contributed by atoms with van der Waals surface area (Å²) in [5.74, 6) is 0.170. The lowest BCUT2D eigenvalue weighted by molar-refractivity contribution is -0.132. The Bertz CT molecular complexity index is 342. The number of carbonyl (C=O) groups excluding carboxylic acids is 1. The largest absolute Gasteiger partial charge is 0.336 e. The predicted octanol–water partition coefficient (Wildman–Crippen LogP) is 2.58. The van der Waals surface area contributed by atoms with Gasteiger partial charge in [-0.2, -0.15) is 0 Å². The molecule has 4 heteroatoms. The van der Waals surface area contributed by atoms with Crippen molar-refractivity contribution in [1.29, 1.82) is 0 Å². The van der Waals surface area contributed by atoms with Crippen molar-refractivity contribution in [3.63, 3.8) is 0 Å². The van der Waals surface area contributed by atoms with E-state index in [0.29, 0.717) is 0 Å². The first-order valence-corrected chi connectivity index (χ1v) is 5.46. The van der Waals surface area contributed by atoms with Gasteiger partial charge in [-0.1, -0.05) is 6.07 Å². The Morgan fingerprint density at radius 1 is 1.50 bits per heavy atom. The zero-order chi connectivity index (χ0) is 10.7. The predicted molar refractivity (Wildman–Crippen MR) is 65.5 cm³/mol. The second kappa shape index (κ2) is 5.85. The average Bonchev–Trinajstić information content (AvgIpc) is 2.30. The van der Waals surface area contributed by atoms with Crippen LogP contribution in [0.1, 0.15) is 37.8 Å². The summed E-state index contributed by atoms with van der Waals surface area (Å²) in [4.78, 5) is 17.6. The molecule has 1 aliphatic heterocycles. The summed E-state index contributed by atoms with van der Waals surface area (Å²) in [6, 6.07) is 4.23. The van der Waals surface area contributed by atoms with Crippen LogP contribution in [0.4, 0.5) is 0 Å². The molecule has 2 rings (SSSR count). The SMILES string of the molecule is CC(=O)N1CCCC[C@H]1c1cccnc1.Cl. The number of halogens is 1. The number of likely N-dealkylation sites (tertiary alicyclic amines) is 1. The third-order valence-corrected chi connectivity index (χ3v) is 2.98. The van der Waals surface area contributed by atoms with Gasteiger partial charge >= 0.3 is 0 Å². The molecule has 0 aliphatic carbocycles. The Hall–Kier alpha value is -1.09. The standard InChI is InChI=1S/C12H16N2O.ClH/c1-10(15)14-8-3-2-6-12(14)11-5-4-7-13-9-11;/h4-5,7,9,12H,2-3,6,8H2,1H3;1H/t12-;/m0./s1.